The smallest absolute Gasteiger partial charge is 1.00 e. The van der Waals surface area contributed by atoms with E-state index in [1.807, 2.05) is 24.5 Å². The number of nitrogens with zero attached hydrogens (tertiary/aromatic N) is 2. The van der Waals surface area contributed by atoms with Crippen LogP contribution in [0.3, 0.4) is 0 Å². The van der Waals surface area contributed by atoms with Crippen molar-refractivity contribution in [3.63, 3.8) is 0 Å². The molecule has 0 bridgehead atoms. The molecule has 33 heavy (non-hydrogen) atoms. The summed E-state index contributed by atoms with van der Waals surface area (Å²) in [4.78, 5) is 8.91. The molecular formula is C26H32Br2N2Si2Sn. The summed E-state index contributed by atoms with van der Waals surface area (Å²) in [7, 11) is -2.36. The summed E-state index contributed by atoms with van der Waals surface area (Å²) in [6.45, 7) is 14.1. The number of pyridine rings is 2. The Balaban J connectivity index is 0.000000569. The van der Waals surface area contributed by atoms with E-state index >= 15 is 0 Å². The van der Waals surface area contributed by atoms with Crippen molar-refractivity contribution in [1.82, 2.24) is 9.97 Å². The summed E-state index contributed by atoms with van der Waals surface area (Å²) in [6, 6.07) is 25.8. The fourth-order valence-electron chi connectivity index (χ4n) is 3.42. The van der Waals surface area contributed by atoms with Gasteiger partial charge in [-0.1, -0.05) is 87.8 Å². The van der Waals surface area contributed by atoms with Gasteiger partial charge in [0.15, 0.2) is 0 Å². The third-order valence-electron chi connectivity index (χ3n) is 4.50. The predicted molar refractivity (Wildman–Crippen MR) is 143 cm³/mol. The molecule has 2 heterocycles. The third-order valence-corrected chi connectivity index (χ3v) is 6.86. The molecule has 0 saturated heterocycles. The van der Waals surface area contributed by atoms with Crippen LogP contribution in [0.2, 0.25) is 39.3 Å². The number of fused-ring (bicyclic) bond motifs is 2. The summed E-state index contributed by atoms with van der Waals surface area (Å²) in [5.74, 6) is 0. The van der Waals surface area contributed by atoms with Crippen LogP contribution in [0.4, 0.5) is 0 Å². The monoisotopic (exact) mass is 706 g/mol. The zero-order valence-corrected chi connectivity index (χ0v) is 28.3. The van der Waals surface area contributed by atoms with E-state index < -0.39 is 16.1 Å². The molecule has 2 aromatic heterocycles. The van der Waals surface area contributed by atoms with Crippen molar-refractivity contribution < 1.29 is 34.0 Å². The first-order valence-electron chi connectivity index (χ1n) is 10.5. The summed E-state index contributed by atoms with van der Waals surface area (Å²) < 4.78 is 0. The van der Waals surface area contributed by atoms with Crippen molar-refractivity contribution >= 4 is 61.9 Å². The molecule has 2 nitrogen and oxygen atoms in total. The SMILES string of the molecule is C[Si](C)(C)[CH]c1cccc2cccnc12.C[Si](C)(C)[CH]c1cccc2cccnc12.[Br-].[Br-].[Sn+2]. The second-order valence-electron chi connectivity index (χ2n) is 9.87. The van der Waals surface area contributed by atoms with E-state index in [1.165, 1.54) is 21.9 Å². The topological polar surface area (TPSA) is 25.8 Å². The molecule has 2 aromatic carbocycles. The number of aromatic nitrogens is 2. The van der Waals surface area contributed by atoms with Crippen LogP contribution < -0.4 is 34.0 Å². The van der Waals surface area contributed by atoms with Gasteiger partial charge in [0.1, 0.15) is 0 Å². The second-order valence-corrected chi connectivity index (χ2v) is 19.9. The zero-order chi connectivity index (χ0) is 21.8. The first-order valence-corrected chi connectivity index (χ1v) is 17.7. The molecule has 0 spiro atoms. The Bertz CT molecular complexity index is 1040. The number of halogens is 2. The molecule has 4 radical (unpaired) electrons. The number of benzene rings is 2. The Morgan fingerprint density at radius 2 is 0.879 bits per heavy atom. The average molecular weight is 707 g/mol. The molecule has 0 aliphatic rings. The van der Waals surface area contributed by atoms with Gasteiger partial charge in [0.25, 0.3) is 0 Å². The van der Waals surface area contributed by atoms with Crippen LogP contribution in [0.1, 0.15) is 11.1 Å². The van der Waals surface area contributed by atoms with E-state index in [0.29, 0.717) is 0 Å². The molecule has 0 unspecified atom stereocenters. The summed E-state index contributed by atoms with van der Waals surface area (Å²) >= 11 is 0. The molecule has 7 heteroatoms. The quantitative estimate of drug-likeness (QED) is 0.296. The molecule has 0 N–H and O–H groups in total. The fraction of sp³-hybridized carbons (Fsp3) is 0.231. The van der Waals surface area contributed by atoms with Gasteiger partial charge < -0.3 is 34.0 Å². The second kappa shape index (κ2) is 14.1. The van der Waals surface area contributed by atoms with Crippen molar-refractivity contribution in [3.05, 3.63) is 96.3 Å². The molecule has 0 aliphatic carbocycles. The standard InChI is InChI=1S/2C13H16NSi.2BrH.Sn/c2*1-15(2,3)10-12-7-4-6-11-8-5-9-14-13(11)12;;;/h2*4-10H,1-3H3;2*1H;/q;;;;+2/p-2. The van der Waals surface area contributed by atoms with E-state index in [1.54, 1.807) is 0 Å². The van der Waals surface area contributed by atoms with Gasteiger partial charge in [-0.2, -0.15) is 0 Å². The van der Waals surface area contributed by atoms with E-state index in [-0.39, 0.29) is 57.9 Å². The molecule has 0 amide bonds. The normalized spacial score (nSPS) is 10.8. The Morgan fingerprint density at radius 3 is 1.21 bits per heavy atom. The van der Waals surface area contributed by atoms with Gasteiger partial charge in [0, 0.05) is 23.2 Å². The van der Waals surface area contributed by atoms with Crippen molar-refractivity contribution in [2.24, 2.45) is 0 Å². The number of rotatable bonds is 4. The van der Waals surface area contributed by atoms with Crippen molar-refractivity contribution in [3.8, 4) is 0 Å². The molecule has 0 fully saturated rings. The van der Waals surface area contributed by atoms with Crippen LogP contribution in [0.5, 0.6) is 0 Å². The van der Waals surface area contributed by atoms with E-state index in [9.17, 15) is 0 Å². The molecule has 0 aliphatic heterocycles. The van der Waals surface area contributed by atoms with Gasteiger partial charge in [-0.3, -0.25) is 9.97 Å². The van der Waals surface area contributed by atoms with Gasteiger partial charge in [-0.25, -0.2) is 0 Å². The number of hydrogen-bond acceptors (Lipinski definition) is 2. The van der Waals surface area contributed by atoms with Crippen LogP contribution in [0, 0.1) is 12.1 Å². The maximum atomic E-state index is 4.46. The molecular weight excluding hydrogens is 675 g/mol. The number of para-hydroxylation sites is 2. The van der Waals surface area contributed by atoms with Gasteiger partial charge in [-0.05, 0) is 35.3 Å². The van der Waals surface area contributed by atoms with Crippen LogP contribution in [-0.4, -0.2) is 50.0 Å². The third kappa shape index (κ3) is 10.3. The summed E-state index contributed by atoms with van der Waals surface area (Å²) in [5.41, 5.74) is 4.82. The minimum absolute atomic E-state index is 0. The fourth-order valence-corrected chi connectivity index (χ4v) is 5.75. The Kier molecular flexibility index (Phi) is 13.9. The van der Waals surface area contributed by atoms with Gasteiger partial charge >= 0.3 is 23.9 Å². The minimum Gasteiger partial charge on any atom is -1.00 e. The largest absolute Gasteiger partial charge is 2.00 e. The van der Waals surface area contributed by atoms with Crippen LogP contribution in [0.25, 0.3) is 21.8 Å². The molecule has 0 saturated carbocycles. The summed E-state index contributed by atoms with van der Waals surface area (Å²) in [6.07, 6.45) is 3.73. The molecule has 172 valence electrons. The van der Waals surface area contributed by atoms with Crippen molar-refractivity contribution in [2.75, 3.05) is 0 Å². The maximum Gasteiger partial charge on any atom is 2.00 e. The Morgan fingerprint density at radius 1 is 0.545 bits per heavy atom. The minimum atomic E-state index is -1.18. The maximum absolute atomic E-state index is 4.46. The van der Waals surface area contributed by atoms with Gasteiger partial charge in [-0.15, -0.1) is 0 Å². The van der Waals surface area contributed by atoms with Gasteiger partial charge in [0.05, 0.1) is 27.2 Å². The van der Waals surface area contributed by atoms with Crippen LogP contribution in [0.15, 0.2) is 73.1 Å². The van der Waals surface area contributed by atoms with E-state index in [4.69, 9.17) is 0 Å². The van der Waals surface area contributed by atoms with E-state index in [2.05, 4.69) is 110 Å². The first-order chi connectivity index (χ1) is 14.1. The number of hydrogen-bond donors (Lipinski definition) is 0. The Hall–Kier alpha value is -0.548. The van der Waals surface area contributed by atoms with Crippen LogP contribution in [-0.2, 0) is 0 Å². The first kappa shape index (κ1) is 32.5. The Labute approximate surface area is 239 Å². The van der Waals surface area contributed by atoms with Crippen molar-refractivity contribution in [1.29, 1.82) is 0 Å². The average Bonchev–Trinajstić information content (AvgIpc) is 2.67. The summed E-state index contributed by atoms with van der Waals surface area (Å²) in [5, 5.41) is 2.45. The van der Waals surface area contributed by atoms with Gasteiger partial charge in [0.2, 0.25) is 0 Å². The molecule has 4 aromatic rings. The van der Waals surface area contributed by atoms with Crippen LogP contribution >= 0.6 is 0 Å². The zero-order valence-electron chi connectivity index (χ0n) is 20.2. The van der Waals surface area contributed by atoms with Crippen molar-refractivity contribution in [2.45, 2.75) is 39.3 Å². The predicted octanol–water partition coefficient (Wildman–Crippen LogP) is 0.956. The molecule has 0 atom stereocenters. The van der Waals surface area contributed by atoms with E-state index in [0.717, 1.165) is 11.0 Å². The molecule has 4 rings (SSSR count).